The van der Waals surface area contributed by atoms with Crippen LogP contribution < -0.4 is 10.6 Å². The minimum Gasteiger partial charge on any atom is -0.366 e. The van der Waals surface area contributed by atoms with Gasteiger partial charge >= 0.3 is 0 Å². The van der Waals surface area contributed by atoms with Gasteiger partial charge in [0.15, 0.2) is 0 Å². The van der Waals surface area contributed by atoms with Crippen LogP contribution in [-0.4, -0.2) is 19.9 Å². The summed E-state index contributed by atoms with van der Waals surface area (Å²) >= 11 is 0. The van der Waals surface area contributed by atoms with Crippen molar-refractivity contribution in [1.29, 1.82) is 0 Å². The SMILES string of the molecule is c1ccc(CNc2nccc(NCc3cccnc3)n2)nc1. The highest BCUT2D eigenvalue weighted by atomic mass is 15.1. The highest BCUT2D eigenvalue weighted by Gasteiger charge is 2.00. The lowest BCUT2D eigenvalue weighted by molar-refractivity contribution is 0.994. The van der Waals surface area contributed by atoms with Crippen molar-refractivity contribution in [2.24, 2.45) is 0 Å². The summed E-state index contributed by atoms with van der Waals surface area (Å²) in [4.78, 5) is 17.0. The van der Waals surface area contributed by atoms with Crippen molar-refractivity contribution in [2.75, 3.05) is 10.6 Å². The van der Waals surface area contributed by atoms with Crippen LogP contribution in [0, 0.1) is 0 Å². The Kier molecular flexibility index (Phi) is 4.51. The first kappa shape index (κ1) is 13.9. The standard InChI is InChI=1S/C16H16N6/c1-2-8-18-14(5-1)12-21-16-19-9-6-15(22-16)20-11-13-4-3-7-17-10-13/h1-10H,11-12H2,(H2,19,20,21,22). The average Bonchev–Trinajstić information content (AvgIpc) is 2.60. The van der Waals surface area contributed by atoms with Gasteiger partial charge in [-0.3, -0.25) is 9.97 Å². The van der Waals surface area contributed by atoms with Crippen molar-refractivity contribution in [1.82, 2.24) is 19.9 Å². The van der Waals surface area contributed by atoms with E-state index in [4.69, 9.17) is 0 Å². The molecule has 0 bridgehead atoms. The van der Waals surface area contributed by atoms with Gasteiger partial charge in [0, 0.05) is 31.3 Å². The smallest absolute Gasteiger partial charge is 0.224 e. The molecular formula is C16H16N6. The fraction of sp³-hybridized carbons (Fsp3) is 0.125. The number of nitrogens with zero attached hydrogens (tertiary/aromatic N) is 4. The topological polar surface area (TPSA) is 75.6 Å². The van der Waals surface area contributed by atoms with Crippen molar-refractivity contribution in [3.05, 3.63) is 72.4 Å². The van der Waals surface area contributed by atoms with E-state index in [9.17, 15) is 0 Å². The Balaban J connectivity index is 1.58. The van der Waals surface area contributed by atoms with Crippen LogP contribution in [0.1, 0.15) is 11.3 Å². The fourth-order valence-corrected chi connectivity index (χ4v) is 1.91. The number of rotatable bonds is 6. The van der Waals surface area contributed by atoms with Crippen LogP contribution in [0.2, 0.25) is 0 Å². The average molecular weight is 292 g/mol. The zero-order valence-corrected chi connectivity index (χ0v) is 12.0. The first-order valence-corrected chi connectivity index (χ1v) is 7.00. The highest BCUT2D eigenvalue weighted by molar-refractivity contribution is 5.40. The van der Waals surface area contributed by atoms with Crippen LogP contribution >= 0.6 is 0 Å². The van der Waals surface area contributed by atoms with Crippen molar-refractivity contribution in [3.8, 4) is 0 Å². The molecule has 3 aromatic heterocycles. The summed E-state index contributed by atoms with van der Waals surface area (Å²) in [7, 11) is 0. The molecule has 6 nitrogen and oxygen atoms in total. The zero-order chi connectivity index (χ0) is 15.0. The van der Waals surface area contributed by atoms with Crippen LogP contribution in [-0.2, 0) is 13.1 Å². The van der Waals surface area contributed by atoms with Gasteiger partial charge in [0.2, 0.25) is 5.95 Å². The Bertz CT molecular complexity index is 643. The van der Waals surface area contributed by atoms with E-state index < -0.39 is 0 Å². The summed E-state index contributed by atoms with van der Waals surface area (Å²) in [5.41, 5.74) is 2.05. The number of pyridine rings is 2. The molecule has 3 aromatic rings. The third-order valence-electron chi connectivity index (χ3n) is 3.01. The Morgan fingerprint density at radius 1 is 0.818 bits per heavy atom. The summed E-state index contributed by atoms with van der Waals surface area (Å²) < 4.78 is 0. The molecule has 0 saturated heterocycles. The normalized spacial score (nSPS) is 10.2. The Morgan fingerprint density at radius 3 is 2.64 bits per heavy atom. The van der Waals surface area contributed by atoms with Crippen molar-refractivity contribution in [3.63, 3.8) is 0 Å². The van der Waals surface area contributed by atoms with Gasteiger partial charge in [0.25, 0.3) is 0 Å². The molecule has 0 atom stereocenters. The minimum atomic E-state index is 0.571. The van der Waals surface area contributed by atoms with E-state index in [1.54, 1.807) is 18.6 Å². The second-order valence-electron chi connectivity index (χ2n) is 4.65. The van der Waals surface area contributed by atoms with Crippen molar-refractivity contribution < 1.29 is 0 Å². The van der Waals surface area contributed by atoms with E-state index in [1.165, 1.54) is 0 Å². The van der Waals surface area contributed by atoms with Gasteiger partial charge in [-0.05, 0) is 29.8 Å². The van der Waals surface area contributed by atoms with Crippen LogP contribution in [0.4, 0.5) is 11.8 Å². The number of nitrogens with one attached hydrogen (secondary N) is 2. The lowest BCUT2D eigenvalue weighted by atomic mass is 10.3. The molecule has 3 heterocycles. The molecule has 3 rings (SSSR count). The number of anilines is 2. The highest BCUT2D eigenvalue weighted by Crippen LogP contribution is 2.08. The van der Waals surface area contributed by atoms with Crippen LogP contribution in [0.5, 0.6) is 0 Å². The molecule has 0 aliphatic heterocycles. The molecular weight excluding hydrogens is 276 g/mol. The van der Waals surface area contributed by atoms with Gasteiger partial charge in [-0.15, -0.1) is 0 Å². The Hall–Kier alpha value is -3.02. The van der Waals surface area contributed by atoms with Crippen LogP contribution in [0.25, 0.3) is 0 Å². The number of hydrogen-bond acceptors (Lipinski definition) is 6. The largest absolute Gasteiger partial charge is 0.366 e. The lowest BCUT2D eigenvalue weighted by Crippen LogP contribution is -2.07. The molecule has 0 aliphatic carbocycles. The monoisotopic (exact) mass is 292 g/mol. The van der Waals surface area contributed by atoms with Crippen LogP contribution in [0.15, 0.2) is 61.2 Å². The molecule has 0 radical (unpaired) electrons. The second-order valence-corrected chi connectivity index (χ2v) is 4.65. The van der Waals surface area contributed by atoms with E-state index in [-0.39, 0.29) is 0 Å². The first-order chi connectivity index (χ1) is 10.9. The van der Waals surface area contributed by atoms with Gasteiger partial charge in [0.05, 0.1) is 12.2 Å². The van der Waals surface area contributed by atoms with E-state index in [0.29, 0.717) is 19.0 Å². The van der Waals surface area contributed by atoms with Crippen molar-refractivity contribution in [2.45, 2.75) is 13.1 Å². The predicted octanol–water partition coefficient (Wildman–Crippen LogP) is 2.49. The third kappa shape index (κ3) is 3.99. The van der Waals surface area contributed by atoms with Crippen molar-refractivity contribution >= 4 is 11.8 Å². The summed E-state index contributed by atoms with van der Waals surface area (Å²) in [5.74, 6) is 1.34. The minimum absolute atomic E-state index is 0.571. The summed E-state index contributed by atoms with van der Waals surface area (Å²) in [6.07, 6.45) is 7.07. The molecule has 0 amide bonds. The van der Waals surface area contributed by atoms with Crippen LogP contribution in [0.3, 0.4) is 0 Å². The molecule has 0 unspecified atom stereocenters. The predicted molar refractivity (Wildman–Crippen MR) is 85.2 cm³/mol. The van der Waals surface area contributed by atoms with Gasteiger partial charge in [-0.2, -0.15) is 4.98 Å². The summed E-state index contributed by atoms with van der Waals surface area (Å²) in [5, 5.41) is 6.42. The molecule has 22 heavy (non-hydrogen) atoms. The molecule has 0 aliphatic rings. The lowest BCUT2D eigenvalue weighted by Gasteiger charge is -2.08. The molecule has 0 saturated carbocycles. The Labute approximate surface area is 128 Å². The van der Waals surface area contributed by atoms with E-state index in [1.807, 2.05) is 42.6 Å². The zero-order valence-electron chi connectivity index (χ0n) is 12.0. The first-order valence-electron chi connectivity index (χ1n) is 7.00. The quantitative estimate of drug-likeness (QED) is 0.727. The van der Waals surface area contributed by atoms with E-state index in [2.05, 4.69) is 30.6 Å². The maximum absolute atomic E-state index is 4.42. The molecule has 6 heteroatoms. The molecule has 0 aromatic carbocycles. The van der Waals surface area contributed by atoms with E-state index >= 15 is 0 Å². The summed E-state index contributed by atoms with van der Waals surface area (Å²) in [6.45, 7) is 1.26. The summed E-state index contributed by atoms with van der Waals surface area (Å²) in [6, 6.07) is 11.6. The third-order valence-corrected chi connectivity index (χ3v) is 3.01. The number of aromatic nitrogens is 4. The maximum Gasteiger partial charge on any atom is 0.224 e. The Morgan fingerprint density at radius 2 is 1.82 bits per heavy atom. The van der Waals surface area contributed by atoms with Gasteiger partial charge < -0.3 is 10.6 Å². The molecule has 0 spiro atoms. The second kappa shape index (κ2) is 7.12. The van der Waals surface area contributed by atoms with E-state index in [0.717, 1.165) is 17.1 Å². The van der Waals surface area contributed by atoms with Gasteiger partial charge in [-0.1, -0.05) is 12.1 Å². The maximum atomic E-state index is 4.42. The van der Waals surface area contributed by atoms with Gasteiger partial charge in [0.1, 0.15) is 5.82 Å². The molecule has 2 N–H and O–H groups in total. The molecule has 110 valence electrons. The van der Waals surface area contributed by atoms with Gasteiger partial charge in [-0.25, -0.2) is 4.98 Å². The fourth-order valence-electron chi connectivity index (χ4n) is 1.91. The number of hydrogen-bond donors (Lipinski definition) is 2. The molecule has 0 fully saturated rings.